The Morgan fingerprint density at radius 1 is 1.07 bits per heavy atom. The highest BCUT2D eigenvalue weighted by molar-refractivity contribution is 7.89. The summed E-state index contributed by atoms with van der Waals surface area (Å²) in [6.07, 6.45) is 1.15. The smallest absolute Gasteiger partial charge is 0.255 e. The van der Waals surface area contributed by atoms with Crippen molar-refractivity contribution in [2.75, 3.05) is 20.2 Å². The van der Waals surface area contributed by atoms with Gasteiger partial charge in [-0.1, -0.05) is 18.2 Å². The summed E-state index contributed by atoms with van der Waals surface area (Å²) in [4.78, 5) is 12.9. The number of rotatable bonds is 5. The molecule has 0 saturated carbocycles. The number of amides is 1. The van der Waals surface area contributed by atoms with E-state index in [9.17, 15) is 13.2 Å². The second-order valence-electron chi connectivity index (χ2n) is 7.10. The van der Waals surface area contributed by atoms with Gasteiger partial charge in [-0.05, 0) is 62.1 Å². The van der Waals surface area contributed by atoms with Gasteiger partial charge < -0.3 is 10.1 Å². The number of carbonyl (C=O) groups is 1. The lowest BCUT2D eigenvalue weighted by Gasteiger charge is -2.31. The van der Waals surface area contributed by atoms with Crippen LogP contribution in [0.1, 0.15) is 34.3 Å². The molecule has 3 rings (SSSR count). The summed E-state index contributed by atoms with van der Waals surface area (Å²) in [7, 11) is -1.99. The first-order chi connectivity index (χ1) is 13.3. The topological polar surface area (TPSA) is 75.7 Å². The number of aryl methyl sites for hydroxylation is 2. The summed E-state index contributed by atoms with van der Waals surface area (Å²) in [5.74, 6) is 0.322. The lowest BCUT2D eigenvalue weighted by Crippen LogP contribution is -2.46. The molecule has 6 nitrogen and oxygen atoms in total. The van der Waals surface area contributed by atoms with E-state index in [1.807, 2.05) is 26.0 Å². The van der Waals surface area contributed by atoms with Gasteiger partial charge in [-0.3, -0.25) is 4.79 Å². The van der Waals surface area contributed by atoms with E-state index in [0.717, 1.165) is 11.1 Å². The maximum absolute atomic E-state index is 12.9. The Hall–Kier alpha value is -2.38. The molecule has 0 bridgehead atoms. The van der Waals surface area contributed by atoms with Crippen LogP contribution in [0.4, 0.5) is 0 Å². The Kier molecular flexibility index (Phi) is 6.05. The highest BCUT2D eigenvalue weighted by Crippen LogP contribution is 2.23. The molecule has 0 radical (unpaired) electrons. The Bertz CT molecular complexity index is 964. The van der Waals surface area contributed by atoms with E-state index in [-0.39, 0.29) is 11.9 Å². The van der Waals surface area contributed by atoms with E-state index in [1.54, 1.807) is 30.3 Å². The van der Waals surface area contributed by atoms with Crippen molar-refractivity contribution in [3.05, 3.63) is 59.2 Å². The van der Waals surface area contributed by atoms with Crippen LogP contribution in [0.5, 0.6) is 5.75 Å². The number of methoxy groups -OCH3 is 1. The average molecular weight is 403 g/mol. The molecule has 2 aromatic rings. The van der Waals surface area contributed by atoms with Crippen LogP contribution in [0.3, 0.4) is 0 Å². The van der Waals surface area contributed by atoms with Crippen LogP contribution in [0.25, 0.3) is 0 Å². The van der Waals surface area contributed by atoms with Gasteiger partial charge in [0.25, 0.3) is 5.91 Å². The van der Waals surface area contributed by atoms with Crippen molar-refractivity contribution in [3.63, 3.8) is 0 Å². The average Bonchev–Trinajstić information content (AvgIpc) is 2.70. The summed E-state index contributed by atoms with van der Waals surface area (Å²) < 4.78 is 32.6. The third-order valence-corrected chi connectivity index (χ3v) is 7.15. The van der Waals surface area contributed by atoms with Crippen LogP contribution in [-0.2, 0) is 10.0 Å². The first-order valence-corrected chi connectivity index (χ1v) is 10.8. The molecule has 1 heterocycles. The first kappa shape index (κ1) is 20.4. The molecular formula is C21H26N2O4S. The summed E-state index contributed by atoms with van der Waals surface area (Å²) in [5, 5.41) is 3.00. The summed E-state index contributed by atoms with van der Waals surface area (Å²) in [6, 6.07) is 12.2. The van der Waals surface area contributed by atoms with Gasteiger partial charge in [-0.25, -0.2) is 8.42 Å². The zero-order valence-corrected chi connectivity index (χ0v) is 17.3. The second kappa shape index (κ2) is 8.32. The Balaban J connectivity index is 1.64. The standard InChI is InChI=1S/C21H26N2O4S/c1-15-8-9-18(14-16(15)2)28(25,26)23-12-10-17(11-13-23)22-21(24)19-6-4-5-7-20(19)27-3/h4-9,14,17H,10-13H2,1-3H3,(H,22,24). The number of ether oxygens (including phenoxy) is 1. The van der Waals surface area contributed by atoms with E-state index in [0.29, 0.717) is 42.1 Å². The SMILES string of the molecule is COc1ccccc1C(=O)NC1CCN(S(=O)(=O)c2ccc(C)c(C)c2)CC1. The number of hydrogen-bond donors (Lipinski definition) is 1. The molecule has 0 spiro atoms. The third kappa shape index (κ3) is 4.20. The minimum atomic E-state index is -3.52. The van der Waals surface area contributed by atoms with Crippen molar-refractivity contribution >= 4 is 15.9 Å². The second-order valence-corrected chi connectivity index (χ2v) is 9.04. The quantitative estimate of drug-likeness (QED) is 0.834. The number of para-hydroxylation sites is 1. The molecule has 0 atom stereocenters. The third-order valence-electron chi connectivity index (χ3n) is 5.26. The normalized spacial score (nSPS) is 16.0. The number of hydrogen-bond acceptors (Lipinski definition) is 4. The van der Waals surface area contributed by atoms with Gasteiger partial charge in [0.05, 0.1) is 17.6 Å². The van der Waals surface area contributed by atoms with Crippen molar-refractivity contribution in [1.82, 2.24) is 9.62 Å². The molecule has 0 unspecified atom stereocenters. The fourth-order valence-corrected chi connectivity index (χ4v) is 4.91. The lowest BCUT2D eigenvalue weighted by molar-refractivity contribution is 0.0921. The number of sulfonamides is 1. The Morgan fingerprint density at radius 3 is 2.39 bits per heavy atom. The zero-order valence-electron chi connectivity index (χ0n) is 16.4. The van der Waals surface area contributed by atoms with E-state index < -0.39 is 10.0 Å². The van der Waals surface area contributed by atoms with Crippen molar-refractivity contribution in [2.24, 2.45) is 0 Å². The minimum Gasteiger partial charge on any atom is -0.496 e. The predicted octanol–water partition coefficient (Wildman–Crippen LogP) is 2.90. The molecule has 1 fully saturated rings. The molecule has 1 amide bonds. The number of nitrogens with one attached hydrogen (secondary N) is 1. The van der Waals surface area contributed by atoms with Crippen molar-refractivity contribution in [1.29, 1.82) is 0 Å². The molecule has 1 saturated heterocycles. The van der Waals surface area contributed by atoms with Crippen LogP contribution in [0.2, 0.25) is 0 Å². The molecule has 2 aromatic carbocycles. The van der Waals surface area contributed by atoms with Gasteiger partial charge in [0.15, 0.2) is 0 Å². The van der Waals surface area contributed by atoms with Gasteiger partial charge in [0.2, 0.25) is 10.0 Å². The van der Waals surface area contributed by atoms with Crippen LogP contribution >= 0.6 is 0 Å². The molecule has 7 heteroatoms. The van der Waals surface area contributed by atoms with Crippen molar-refractivity contribution in [2.45, 2.75) is 37.6 Å². The zero-order chi connectivity index (χ0) is 20.3. The van der Waals surface area contributed by atoms with Crippen LogP contribution in [0.15, 0.2) is 47.4 Å². The summed E-state index contributed by atoms with van der Waals surface area (Å²) in [5.41, 5.74) is 2.51. The van der Waals surface area contributed by atoms with Crippen LogP contribution < -0.4 is 10.1 Å². The first-order valence-electron chi connectivity index (χ1n) is 9.34. The highest BCUT2D eigenvalue weighted by atomic mass is 32.2. The van der Waals surface area contributed by atoms with Crippen LogP contribution in [-0.4, -0.2) is 44.9 Å². The predicted molar refractivity (Wildman–Crippen MR) is 108 cm³/mol. The number of piperidine rings is 1. The lowest BCUT2D eigenvalue weighted by atomic mass is 10.1. The molecule has 1 N–H and O–H groups in total. The minimum absolute atomic E-state index is 0.0661. The van der Waals surface area contributed by atoms with Crippen LogP contribution in [0, 0.1) is 13.8 Å². The Labute approximate surface area is 166 Å². The molecule has 1 aliphatic rings. The largest absolute Gasteiger partial charge is 0.496 e. The number of nitrogens with zero attached hydrogens (tertiary/aromatic N) is 1. The fourth-order valence-electron chi connectivity index (χ4n) is 3.36. The van der Waals surface area contributed by atoms with Gasteiger partial charge in [0.1, 0.15) is 5.75 Å². The Morgan fingerprint density at radius 2 is 1.75 bits per heavy atom. The summed E-state index contributed by atoms with van der Waals surface area (Å²) in [6.45, 7) is 4.63. The van der Waals surface area contributed by atoms with E-state index in [4.69, 9.17) is 4.74 Å². The molecule has 0 aromatic heterocycles. The summed E-state index contributed by atoms with van der Waals surface area (Å²) >= 11 is 0. The maximum atomic E-state index is 12.9. The maximum Gasteiger partial charge on any atom is 0.255 e. The molecule has 28 heavy (non-hydrogen) atoms. The molecule has 0 aliphatic carbocycles. The molecular weight excluding hydrogens is 376 g/mol. The van der Waals surface area contributed by atoms with E-state index >= 15 is 0 Å². The van der Waals surface area contributed by atoms with Gasteiger partial charge in [-0.2, -0.15) is 4.31 Å². The fraction of sp³-hybridized carbons (Fsp3) is 0.381. The van der Waals surface area contributed by atoms with Crippen molar-refractivity contribution in [3.8, 4) is 5.75 Å². The van der Waals surface area contributed by atoms with Crippen molar-refractivity contribution < 1.29 is 17.9 Å². The van der Waals surface area contributed by atoms with Gasteiger partial charge in [-0.15, -0.1) is 0 Å². The number of benzene rings is 2. The number of carbonyl (C=O) groups excluding carboxylic acids is 1. The monoisotopic (exact) mass is 402 g/mol. The highest BCUT2D eigenvalue weighted by Gasteiger charge is 2.30. The van der Waals surface area contributed by atoms with E-state index in [2.05, 4.69) is 5.32 Å². The molecule has 1 aliphatic heterocycles. The molecule has 150 valence electrons. The van der Waals surface area contributed by atoms with E-state index in [1.165, 1.54) is 11.4 Å². The van der Waals surface area contributed by atoms with Gasteiger partial charge >= 0.3 is 0 Å². The van der Waals surface area contributed by atoms with Gasteiger partial charge in [0, 0.05) is 19.1 Å².